The van der Waals surface area contributed by atoms with Gasteiger partial charge in [-0.15, -0.1) is 0 Å². The summed E-state index contributed by atoms with van der Waals surface area (Å²) >= 11 is 0. The van der Waals surface area contributed by atoms with Crippen molar-refractivity contribution in [2.45, 2.75) is 70.4 Å². The summed E-state index contributed by atoms with van der Waals surface area (Å²) in [5.41, 5.74) is -1.09. The molecule has 1 aliphatic rings. The second kappa shape index (κ2) is 7.07. The summed E-state index contributed by atoms with van der Waals surface area (Å²) in [6, 6.07) is 0. The van der Waals surface area contributed by atoms with Crippen LogP contribution in [0.1, 0.15) is 59.3 Å². The van der Waals surface area contributed by atoms with Gasteiger partial charge in [-0.25, -0.2) is 4.79 Å². The van der Waals surface area contributed by atoms with Gasteiger partial charge in [0.05, 0.1) is 0 Å². The molecule has 1 rings (SSSR count). The molecule has 0 amide bonds. The zero-order valence-corrected chi connectivity index (χ0v) is 13.1. The highest BCUT2D eigenvalue weighted by Gasteiger charge is 2.37. The number of likely N-dealkylation sites (N-methyl/N-ethyl adjacent to an activating group) is 1. The minimum atomic E-state index is -0.754. The molecule has 0 aliphatic heterocycles. The molecule has 0 aromatic heterocycles. The maximum Gasteiger partial charge on any atom is 0.344 e. The van der Waals surface area contributed by atoms with Gasteiger partial charge in [0.2, 0.25) is 0 Å². The average Bonchev–Trinajstić information content (AvgIpc) is 2.92. The Bertz CT molecular complexity index is 344. The third-order valence-electron chi connectivity index (χ3n) is 4.52. The van der Waals surface area contributed by atoms with Gasteiger partial charge in [-0.05, 0) is 52.5 Å². The van der Waals surface area contributed by atoms with E-state index in [0.29, 0.717) is 6.42 Å². The highest BCUT2D eigenvalue weighted by atomic mass is 16.6. The predicted octanol–water partition coefficient (Wildman–Crippen LogP) is 2.18. The third-order valence-corrected chi connectivity index (χ3v) is 4.52. The first kappa shape index (κ1) is 17.0. The van der Waals surface area contributed by atoms with Gasteiger partial charge >= 0.3 is 11.9 Å². The van der Waals surface area contributed by atoms with Crippen LogP contribution in [0.4, 0.5) is 0 Å². The van der Waals surface area contributed by atoms with E-state index in [4.69, 9.17) is 9.47 Å². The van der Waals surface area contributed by atoms with Crippen molar-refractivity contribution in [1.29, 1.82) is 0 Å². The van der Waals surface area contributed by atoms with Crippen LogP contribution in [0.25, 0.3) is 0 Å². The summed E-state index contributed by atoms with van der Waals surface area (Å²) in [6.45, 7) is 5.36. The van der Waals surface area contributed by atoms with Gasteiger partial charge in [0.1, 0.15) is 11.1 Å². The number of hydrogen-bond donors (Lipinski definition) is 1. The molecule has 1 saturated carbocycles. The van der Waals surface area contributed by atoms with E-state index in [0.717, 1.165) is 32.1 Å². The SMILES string of the molecule is CCC1(OC(=O)COC(=O)C(C)(CC)NC)CCCC1. The molecule has 1 aliphatic carbocycles. The molecule has 0 bridgehead atoms. The van der Waals surface area contributed by atoms with Gasteiger partial charge in [-0.2, -0.15) is 0 Å². The Morgan fingerprint density at radius 2 is 1.85 bits per heavy atom. The van der Waals surface area contributed by atoms with Crippen molar-refractivity contribution >= 4 is 11.9 Å². The molecule has 0 spiro atoms. The second-order valence-electron chi connectivity index (χ2n) is 5.73. The Hall–Kier alpha value is -1.10. The fraction of sp³-hybridized carbons (Fsp3) is 0.867. The molecular formula is C15H27NO4. The number of hydrogen-bond acceptors (Lipinski definition) is 5. The van der Waals surface area contributed by atoms with Gasteiger partial charge in [0.15, 0.2) is 6.61 Å². The number of carbonyl (C=O) groups is 2. The molecule has 0 radical (unpaired) electrons. The van der Waals surface area contributed by atoms with Gasteiger partial charge in [-0.1, -0.05) is 13.8 Å². The molecular weight excluding hydrogens is 258 g/mol. The summed E-state index contributed by atoms with van der Waals surface area (Å²) < 4.78 is 10.6. The smallest absolute Gasteiger partial charge is 0.344 e. The minimum Gasteiger partial charge on any atom is -0.457 e. The molecule has 5 nitrogen and oxygen atoms in total. The molecule has 0 aromatic carbocycles. The van der Waals surface area contributed by atoms with Crippen LogP contribution in [0, 0.1) is 0 Å². The lowest BCUT2D eigenvalue weighted by atomic mass is 9.99. The number of carbonyl (C=O) groups excluding carboxylic acids is 2. The van der Waals surface area contributed by atoms with E-state index in [-0.39, 0.29) is 12.2 Å². The van der Waals surface area contributed by atoms with E-state index in [2.05, 4.69) is 5.32 Å². The third kappa shape index (κ3) is 3.95. The van der Waals surface area contributed by atoms with E-state index in [9.17, 15) is 9.59 Å². The average molecular weight is 285 g/mol. The standard InChI is InChI=1S/C15H27NO4/c1-5-14(3,16-4)13(18)19-11-12(17)20-15(6-2)9-7-8-10-15/h16H,5-11H2,1-4H3. The maximum atomic E-state index is 11.9. The summed E-state index contributed by atoms with van der Waals surface area (Å²) in [5.74, 6) is -0.868. The van der Waals surface area contributed by atoms with Crippen LogP contribution in [0.2, 0.25) is 0 Å². The van der Waals surface area contributed by atoms with Crippen molar-refractivity contribution in [3.05, 3.63) is 0 Å². The first-order chi connectivity index (χ1) is 9.41. The molecule has 1 unspecified atom stereocenters. The maximum absolute atomic E-state index is 11.9. The van der Waals surface area contributed by atoms with Crippen LogP contribution in [0.15, 0.2) is 0 Å². The normalized spacial score (nSPS) is 20.2. The van der Waals surface area contributed by atoms with Crippen molar-refractivity contribution in [3.8, 4) is 0 Å². The van der Waals surface area contributed by atoms with Crippen LogP contribution in [-0.4, -0.2) is 36.7 Å². The monoisotopic (exact) mass is 285 g/mol. The quantitative estimate of drug-likeness (QED) is 0.726. The van der Waals surface area contributed by atoms with Crippen LogP contribution in [-0.2, 0) is 19.1 Å². The lowest BCUT2D eigenvalue weighted by Crippen LogP contribution is -2.48. The summed E-state index contributed by atoms with van der Waals surface area (Å²) in [4.78, 5) is 23.8. The minimum absolute atomic E-state index is 0.308. The van der Waals surface area contributed by atoms with Gasteiger partial charge < -0.3 is 14.8 Å². The summed E-state index contributed by atoms with van der Waals surface area (Å²) in [5, 5.41) is 2.92. The van der Waals surface area contributed by atoms with Crippen LogP contribution in [0.3, 0.4) is 0 Å². The van der Waals surface area contributed by atoms with Crippen LogP contribution < -0.4 is 5.32 Å². The Morgan fingerprint density at radius 3 is 2.30 bits per heavy atom. The van der Waals surface area contributed by atoms with Crippen molar-refractivity contribution < 1.29 is 19.1 Å². The zero-order chi connectivity index (χ0) is 15.2. The highest BCUT2D eigenvalue weighted by Crippen LogP contribution is 2.35. The number of rotatable bonds is 7. The fourth-order valence-corrected chi connectivity index (χ4v) is 2.52. The largest absolute Gasteiger partial charge is 0.457 e. The molecule has 0 aromatic rings. The zero-order valence-electron chi connectivity index (χ0n) is 13.1. The molecule has 0 saturated heterocycles. The molecule has 116 valence electrons. The first-order valence-corrected chi connectivity index (χ1v) is 7.49. The van der Waals surface area contributed by atoms with Gasteiger partial charge in [-0.3, -0.25) is 4.79 Å². The summed E-state index contributed by atoms with van der Waals surface area (Å²) in [6.07, 6.45) is 5.41. The second-order valence-corrected chi connectivity index (χ2v) is 5.73. The lowest BCUT2D eigenvalue weighted by molar-refractivity contribution is -0.172. The fourth-order valence-electron chi connectivity index (χ4n) is 2.52. The Balaban J connectivity index is 2.45. The van der Waals surface area contributed by atoms with E-state index >= 15 is 0 Å². The van der Waals surface area contributed by atoms with Gasteiger partial charge in [0.25, 0.3) is 0 Å². The van der Waals surface area contributed by atoms with Crippen LogP contribution >= 0.6 is 0 Å². The van der Waals surface area contributed by atoms with E-state index in [1.165, 1.54) is 0 Å². The topological polar surface area (TPSA) is 64.6 Å². The number of esters is 2. The molecule has 0 heterocycles. The molecule has 1 atom stereocenters. The van der Waals surface area contributed by atoms with E-state index < -0.39 is 17.5 Å². The number of ether oxygens (including phenoxy) is 2. The Morgan fingerprint density at radius 1 is 1.25 bits per heavy atom. The first-order valence-electron chi connectivity index (χ1n) is 7.49. The molecule has 1 fully saturated rings. The molecule has 1 N–H and O–H groups in total. The van der Waals surface area contributed by atoms with Crippen molar-refractivity contribution in [2.24, 2.45) is 0 Å². The van der Waals surface area contributed by atoms with Crippen LogP contribution in [0.5, 0.6) is 0 Å². The molecule has 5 heteroatoms. The molecule has 20 heavy (non-hydrogen) atoms. The Kier molecular flexibility index (Phi) is 5.99. The highest BCUT2D eigenvalue weighted by molar-refractivity contribution is 5.83. The van der Waals surface area contributed by atoms with E-state index in [1.54, 1.807) is 14.0 Å². The van der Waals surface area contributed by atoms with Crippen molar-refractivity contribution in [3.63, 3.8) is 0 Å². The summed E-state index contributed by atoms with van der Waals surface area (Å²) in [7, 11) is 1.70. The van der Waals surface area contributed by atoms with Gasteiger partial charge in [0, 0.05) is 0 Å². The number of nitrogens with one attached hydrogen (secondary N) is 1. The Labute approximate surface area is 121 Å². The van der Waals surface area contributed by atoms with E-state index in [1.807, 2.05) is 13.8 Å². The van der Waals surface area contributed by atoms with Crippen molar-refractivity contribution in [1.82, 2.24) is 5.32 Å². The predicted molar refractivity (Wildman–Crippen MR) is 76.3 cm³/mol. The lowest BCUT2D eigenvalue weighted by Gasteiger charge is -2.28. The van der Waals surface area contributed by atoms with Crippen molar-refractivity contribution in [2.75, 3.05) is 13.7 Å².